The van der Waals surface area contributed by atoms with Crippen LogP contribution >= 0.6 is 0 Å². The van der Waals surface area contributed by atoms with Gasteiger partial charge in [-0.3, -0.25) is 9.58 Å². The normalized spacial score (nSPS) is 19.6. The monoisotopic (exact) mass is 277 g/mol. The highest BCUT2D eigenvalue weighted by Crippen LogP contribution is 2.33. The molecule has 0 saturated carbocycles. The second kappa shape index (κ2) is 5.32. The van der Waals surface area contributed by atoms with E-state index in [2.05, 4.69) is 10.00 Å². The van der Waals surface area contributed by atoms with Crippen LogP contribution in [0.25, 0.3) is 0 Å². The van der Waals surface area contributed by atoms with Gasteiger partial charge >= 0.3 is 0 Å². The van der Waals surface area contributed by atoms with Crippen molar-refractivity contribution < 1.29 is 8.78 Å². The van der Waals surface area contributed by atoms with Gasteiger partial charge in [0.05, 0.1) is 6.20 Å². The molecule has 0 spiro atoms. The van der Waals surface area contributed by atoms with E-state index in [1.165, 1.54) is 0 Å². The van der Waals surface area contributed by atoms with Crippen molar-refractivity contribution in [1.82, 2.24) is 14.7 Å². The van der Waals surface area contributed by atoms with E-state index >= 15 is 0 Å². The predicted octanol–water partition coefficient (Wildman–Crippen LogP) is 3.04. The lowest BCUT2D eigenvalue weighted by Gasteiger charge is -2.23. The lowest BCUT2D eigenvalue weighted by Crippen LogP contribution is -2.23. The van der Waals surface area contributed by atoms with Crippen LogP contribution in [-0.2, 0) is 13.6 Å². The summed E-state index contributed by atoms with van der Waals surface area (Å²) in [5.74, 6) is -1.51. The van der Waals surface area contributed by atoms with Gasteiger partial charge in [-0.25, -0.2) is 8.78 Å². The molecule has 0 aliphatic carbocycles. The molecule has 0 radical (unpaired) electrons. The molecule has 3 nitrogen and oxygen atoms in total. The number of aromatic nitrogens is 2. The Bertz CT molecular complexity index is 609. The molecule has 1 atom stereocenters. The minimum Gasteiger partial charge on any atom is -0.292 e. The third-order valence-electron chi connectivity index (χ3n) is 3.88. The maximum Gasteiger partial charge on any atom is 0.163 e. The standard InChI is InChI=1S/C15H17F2N3/c1-19-9-12(8-18-19)14-6-3-7-20(14)10-11-4-2-5-13(16)15(11)17/h2,4-5,8-9,14H,3,6-7,10H2,1H3. The van der Waals surface area contributed by atoms with Crippen LogP contribution in [0.4, 0.5) is 8.78 Å². The van der Waals surface area contributed by atoms with Gasteiger partial charge in [0, 0.05) is 37.0 Å². The van der Waals surface area contributed by atoms with E-state index in [9.17, 15) is 8.78 Å². The fourth-order valence-electron chi connectivity index (χ4n) is 2.89. The van der Waals surface area contributed by atoms with E-state index in [0.717, 1.165) is 31.0 Å². The summed E-state index contributed by atoms with van der Waals surface area (Å²) >= 11 is 0. The Morgan fingerprint density at radius 2 is 2.20 bits per heavy atom. The third-order valence-corrected chi connectivity index (χ3v) is 3.88. The second-order valence-corrected chi connectivity index (χ2v) is 5.29. The van der Waals surface area contributed by atoms with Crippen LogP contribution in [0, 0.1) is 11.6 Å². The molecule has 0 N–H and O–H groups in total. The Balaban J connectivity index is 1.81. The molecule has 0 amide bonds. The fraction of sp³-hybridized carbons (Fsp3) is 0.400. The Labute approximate surface area is 116 Å². The SMILES string of the molecule is Cn1cc(C2CCCN2Cc2cccc(F)c2F)cn1. The van der Waals surface area contributed by atoms with Crippen LogP contribution in [0.5, 0.6) is 0 Å². The maximum atomic E-state index is 13.8. The number of halogens is 2. The molecule has 1 aromatic heterocycles. The first-order chi connectivity index (χ1) is 9.65. The Morgan fingerprint density at radius 3 is 2.95 bits per heavy atom. The Hall–Kier alpha value is -1.75. The number of hydrogen-bond donors (Lipinski definition) is 0. The van der Waals surface area contributed by atoms with Crippen molar-refractivity contribution in [3.8, 4) is 0 Å². The van der Waals surface area contributed by atoms with Gasteiger partial charge in [-0.2, -0.15) is 5.10 Å². The number of likely N-dealkylation sites (tertiary alicyclic amines) is 1. The summed E-state index contributed by atoms with van der Waals surface area (Å²) in [4.78, 5) is 2.19. The number of nitrogens with zero attached hydrogens (tertiary/aromatic N) is 3. The predicted molar refractivity (Wildman–Crippen MR) is 72.0 cm³/mol. The van der Waals surface area contributed by atoms with E-state index in [1.54, 1.807) is 16.8 Å². The van der Waals surface area contributed by atoms with Gasteiger partial charge in [0.2, 0.25) is 0 Å². The summed E-state index contributed by atoms with van der Waals surface area (Å²) in [6.45, 7) is 1.33. The summed E-state index contributed by atoms with van der Waals surface area (Å²) in [7, 11) is 1.88. The average Bonchev–Trinajstić information content (AvgIpc) is 3.03. The molecule has 3 rings (SSSR count). The zero-order valence-corrected chi connectivity index (χ0v) is 11.4. The molecule has 106 valence electrons. The third kappa shape index (κ3) is 2.45. The Kier molecular flexibility index (Phi) is 3.53. The van der Waals surface area contributed by atoms with Crippen molar-refractivity contribution in [2.24, 2.45) is 7.05 Å². The minimum atomic E-state index is -0.778. The quantitative estimate of drug-likeness (QED) is 0.860. The molecule has 1 aliphatic rings. The number of hydrogen-bond acceptors (Lipinski definition) is 2. The van der Waals surface area contributed by atoms with Gasteiger partial charge in [-0.05, 0) is 25.5 Å². The molecular formula is C15H17F2N3. The van der Waals surface area contributed by atoms with Crippen molar-refractivity contribution >= 4 is 0 Å². The smallest absolute Gasteiger partial charge is 0.163 e. The van der Waals surface area contributed by atoms with Crippen LogP contribution in [0.2, 0.25) is 0 Å². The second-order valence-electron chi connectivity index (χ2n) is 5.29. The number of rotatable bonds is 3. The first-order valence-electron chi connectivity index (χ1n) is 6.80. The number of aryl methyl sites for hydroxylation is 1. The minimum absolute atomic E-state index is 0.242. The van der Waals surface area contributed by atoms with Crippen molar-refractivity contribution in [3.05, 3.63) is 53.4 Å². The first-order valence-corrected chi connectivity index (χ1v) is 6.80. The van der Waals surface area contributed by atoms with Crippen LogP contribution in [0.1, 0.15) is 30.0 Å². The molecule has 1 aliphatic heterocycles. The van der Waals surface area contributed by atoms with E-state index in [1.807, 2.05) is 19.4 Å². The van der Waals surface area contributed by atoms with Gasteiger partial charge in [0.1, 0.15) is 0 Å². The van der Waals surface area contributed by atoms with Gasteiger partial charge in [-0.15, -0.1) is 0 Å². The molecule has 1 saturated heterocycles. The summed E-state index contributed by atoms with van der Waals surface area (Å²) in [5.41, 5.74) is 1.56. The van der Waals surface area contributed by atoms with Crippen molar-refractivity contribution in [2.45, 2.75) is 25.4 Å². The maximum absolute atomic E-state index is 13.8. The molecule has 2 heterocycles. The van der Waals surface area contributed by atoms with Gasteiger partial charge in [0.15, 0.2) is 11.6 Å². The van der Waals surface area contributed by atoms with E-state index < -0.39 is 11.6 Å². The van der Waals surface area contributed by atoms with E-state index in [0.29, 0.717) is 12.1 Å². The zero-order chi connectivity index (χ0) is 14.1. The van der Waals surface area contributed by atoms with Crippen molar-refractivity contribution in [2.75, 3.05) is 6.54 Å². The van der Waals surface area contributed by atoms with E-state index in [-0.39, 0.29) is 6.04 Å². The summed E-state index contributed by atoms with van der Waals surface area (Å²) in [6, 6.07) is 4.60. The molecule has 1 fully saturated rings. The molecule has 0 bridgehead atoms. The molecular weight excluding hydrogens is 260 g/mol. The van der Waals surface area contributed by atoms with Gasteiger partial charge in [-0.1, -0.05) is 12.1 Å². The molecule has 5 heteroatoms. The Morgan fingerprint density at radius 1 is 1.35 bits per heavy atom. The van der Waals surface area contributed by atoms with Crippen LogP contribution in [0.3, 0.4) is 0 Å². The van der Waals surface area contributed by atoms with E-state index in [4.69, 9.17) is 0 Å². The lowest BCUT2D eigenvalue weighted by atomic mass is 10.1. The highest BCUT2D eigenvalue weighted by Gasteiger charge is 2.27. The van der Waals surface area contributed by atoms with Crippen molar-refractivity contribution in [3.63, 3.8) is 0 Å². The van der Waals surface area contributed by atoms with Gasteiger partial charge < -0.3 is 0 Å². The number of benzene rings is 1. The first kappa shape index (κ1) is 13.2. The summed E-state index contributed by atoms with van der Waals surface area (Å²) in [5, 5.41) is 4.19. The van der Waals surface area contributed by atoms with Crippen molar-refractivity contribution in [1.29, 1.82) is 0 Å². The topological polar surface area (TPSA) is 21.1 Å². The summed E-state index contributed by atoms with van der Waals surface area (Å²) < 4.78 is 28.8. The highest BCUT2D eigenvalue weighted by molar-refractivity contribution is 5.20. The average molecular weight is 277 g/mol. The zero-order valence-electron chi connectivity index (χ0n) is 11.4. The fourth-order valence-corrected chi connectivity index (χ4v) is 2.89. The molecule has 1 unspecified atom stereocenters. The molecule has 1 aromatic carbocycles. The van der Waals surface area contributed by atoms with Crippen LogP contribution in [0.15, 0.2) is 30.6 Å². The highest BCUT2D eigenvalue weighted by atomic mass is 19.2. The van der Waals surface area contributed by atoms with Crippen LogP contribution < -0.4 is 0 Å². The van der Waals surface area contributed by atoms with Crippen LogP contribution in [-0.4, -0.2) is 21.2 Å². The summed E-state index contributed by atoms with van der Waals surface area (Å²) in [6.07, 6.45) is 5.94. The molecule has 2 aromatic rings. The lowest BCUT2D eigenvalue weighted by molar-refractivity contribution is 0.244. The largest absolute Gasteiger partial charge is 0.292 e. The molecule has 20 heavy (non-hydrogen) atoms. The van der Waals surface area contributed by atoms with Gasteiger partial charge in [0.25, 0.3) is 0 Å².